The van der Waals surface area contributed by atoms with Gasteiger partial charge in [-0.1, -0.05) is 6.07 Å². The molecule has 4 rings (SSSR count). The summed E-state index contributed by atoms with van der Waals surface area (Å²) in [7, 11) is 2.20. The van der Waals surface area contributed by atoms with Crippen molar-refractivity contribution in [1.82, 2.24) is 9.88 Å². The van der Waals surface area contributed by atoms with E-state index in [4.69, 9.17) is 11.5 Å². The zero-order valence-corrected chi connectivity index (χ0v) is 15.7. The molecule has 1 atom stereocenters. The van der Waals surface area contributed by atoms with Crippen molar-refractivity contribution in [2.24, 2.45) is 0 Å². The zero-order chi connectivity index (χ0) is 19.0. The molecule has 5 heteroatoms. The summed E-state index contributed by atoms with van der Waals surface area (Å²) in [6.07, 6.45) is 6.00. The maximum Gasteiger partial charge on any atom is 0.169 e. The highest BCUT2D eigenvalue weighted by atomic mass is 16.1. The van der Waals surface area contributed by atoms with Gasteiger partial charge in [0.15, 0.2) is 5.78 Å². The van der Waals surface area contributed by atoms with E-state index >= 15 is 0 Å². The fourth-order valence-corrected chi connectivity index (χ4v) is 4.11. The summed E-state index contributed by atoms with van der Waals surface area (Å²) in [6.45, 7) is 1.18. The lowest BCUT2D eigenvalue weighted by molar-refractivity contribution is 0.0994. The number of ketones is 1. The highest BCUT2D eigenvalue weighted by Gasteiger charge is 2.22. The number of nitrogens with zero attached hydrogens (tertiary/aromatic N) is 1. The van der Waals surface area contributed by atoms with E-state index in [9.17, 15) is 4.79 Å². The number of Topliss-reactive ketones (excluding diaryl/α,β-unsaturated/α-hetero) is 1. The van der Waals surface area contributed by atoms with Crippen LogP contribution in [0, 0.1) is 0 Å². The van der Waals surface area contributed by atoms with Crippen molar-refractivity contribution in [2.75, 3.05) is 25.1 Å². The van der Waals surface area contributed by atoms with Gasteiger partial charge in [-0.2, -0.15) is 0 Å². The van der Waals surface area contributed by atoms with Gasteiger partial charge in [-0.15, -0.1) is 0 Å². The van der Waals surface area contributed by atoms with Crippen LogP contribution in [0.25, 0.3) is 10.9 Å². The highest BCUT2D eigenvalue weighted by molar-refractivity contribution is 6.02. The Morgan fingerprint density at radius 3 is 2.81 bits per heavy atom. The Hall–Kier alpha value is -2.79. The van der Waals surface area contributed by atoms with Gasteiger partial charge in [0.05, 0.1) is 0 Å². The summed E-state index contributed by atoms with van der Waals surface area (Å²) in [5, 5.41) is 1.21. The number of carbonyl (C=O) groups excluding carboxylic acids is 1. The summed E-state index contributed by atoms with van der Waals surface area (Å²) in [4.78, 5) is 18.5. The molecule has 1 fully saturated rings. The standard InChI is InChI=1S/C22H26N4O/c1-26-8-2-3-17(26)11-15-13-25-21-7-4-14(9-19(15)21)10-22(27)18-6-5-16(23)12-20(18)24/h4-7,9,12-13,17,25H,2-3,8,10-11,23-24H2,1H3. The first-order chi connectivity index (χ1) is 13.0. The molecule has 1 aromatic heterocycles. The number of hydrogen-bond acceptors (Lipinski definition) is 4. The number of rotatable bonds is 5. The van der Waals surface area contributed by atoms with Gasteiger partial charge in [0.1, 0.15) is 0 Å². The summed E-state index contributed by atoms with van der Waals surface area (Å²) in [5.41, 5.74) is 16.7. The second kappa shape index (κ2) is 7.08. The predicted octanol–water partition coefficient (Wildman–Crippen LogP) is 3.39. The average Bonchev–Trinajstić information content (AvgIpc) is 3.22. The highest BCUT2D eigenvalue weighted by Crippen LogP contribution is 2.26. The molecule has 5 N–H and O–H groups in total. The predicted molar refractivity (Wildman–Crippen MR) is 111 cm³/mol. The molecule has 3 aromatic rings. The van der Waals surface area contributed by atoms with Gasteiger partial charge in [-0.3, -0.25) is 4.79 Å². The summed E-state index contributed by atoms with van der Waals surface area (Å²) >= 11 is 0. The van der Waals surface area contributed by atoms with Crippen LogP contribution in [0.1, 0.15) is 34.3 Å². The number of H-pyrrole nitrogens is 1. The average molecular weight is 362 g/mol. The lowest BCUT2D eigenvalue weighted by Gasteiger charge is -2.18. The Morgan fingerprint density at radius 1 is 1.22 bits per heavy atom. The Labute approximate surface area is 159 Å². The second-order valence-corrected chi connectivity index (χ2v) is 7.62. The van der Waals surface area contributed by atoms with Crippen molar-refractivity contribution >= 4 is 28.1 Å². The number of anilines is 2. The quantitative estimate of drug-likeness (QED) is 0.479. The van der Waals surface area contributed by atoms with E-state index in [0.29, 0.717) is 29.4 Å². The summed E-state index contributed by atoms with van der Waals surface area (Å²) in [6, 6.07) is 11.9. The minimum atomic E-state index is 0.0134. The molecule has 0 bridgehead atoms. The lowest BCUT2D eigenvalue weighted by atomic mass is 9.98. The number of nitrogens with two attached hydrogens (primary N) is 2. The van der Waals surface area contributed by atoms with E-state index < -0.39 is 0 Å². The van der Waals surface area contributed by atoms with Crippen molar-refractivity contribution < 1.29 is 4.79 Å². The van der Waals surface area contributed by atoms with Crippen LogP contribution in [0.2, 0.25) is 0 Å². The normalized spacial score (nSPS) is 17.6. The van der Waals surface area contributed by atoms with E-state index in [-0.39, 0.29) is 5.78 Å². The molecule has 2 aromatic carbocycles. The van der Waals surface area contributed by atoms with Crippen LogP contribution >= 0.6 is 0 Å². The number of benzene rings is 2. The first-order valence-corrected chi connectivity index (χ1v) is 9.48. The topological polar surface area (TPSA) is 88.1 Å². The number of fused-ring (bicyclic) bond motifs is 1. The van der Waals surface area contributed by atoms with Gasteiger partial charge >= 0.3 is 0 Å². The van der Waals surface area contributed by atoms with Crippen LogP contribution in [0.5, 0.6) is 0 Å². The van der Waals surface area contributed by atoms with Crippen molar-refractivity contribution in [2.45, 2.75) is 31.7 Å². The van der Waals surface area contributed by atoms with Crippen LogP contribution in [-0.4, -0.2) is 35.3 Å². The molecule has 1 unspecified atom stereocenters. The second-order valence-electron chi connectivity index (χ2n) is 7.62. The van der Waals surface area contributed by atoms with Crippen LogP contribution in [0.4, 0.5) is 11.4 Å². The first-order valence-electron chi connectivity index (χ1n) is 9.48. The van der Waals surface area contributed by atoms with E-state index in [1.165, 1.54) is 30.3 Å². The number of likely N-dealkylation sites (N-methyl/N-ethyl adjacent to an activating group) is 1. The van der Waals surface area contributed by atoms with Crippen LogP contribution in [0.15, 0.2) is 42.6 Å². The Morgan fingerprint density at radius 2 is 2.07 bits per heavy atom. The number of aromatic amines is 1. The van der Waals surface area contributed by atoms with Gasteiger partial charge in [0, 0.05) is 46.5 Å². The van der Waals surface area contributed by atoms with Crippen LogP contribution < -0.4 is 11.5 Å². The summed E-state index contributed by atoms with van der Waals surface area (Å²) < 4.78 is 0. The van der Waals surface area contributed by atoms with Gasteiger partial charge in [-0.25, -0.2) is 0 Å². The molecule has 140 valence electrons. The van der Waals surface area contributed by atoms with Gasteiger partial charge in [0.2, 0.25) is 0 Å². The molecule has 27 heavy (non-hydrogen) atoms. The number of hydrogen-bond donors (Lipinski definition) is 3. The number of likely N-dealkylation sites (tertiary alicyclic amines) is 1. The van der Waals surface area contributed by atoms with Gasteiger partial charge in [0.25, 0.3) is 0 Å². The zero-order valence-electron chi connectivity index (χ0n) is 15.7. The molecule has 1 saturated heterocycles. The van der Waals surface area contributed by atoms with E-state index in [1.54, 1.807) is 18.2 Å². The minimum Gasteiger partial charge on any atom is -0.399 e. The molecule has 0 amide bonds. The molecular weight excluding hydrogens is 336 g/mol. The Balaban J connectivity index is 1.57. The van der Waals surface area contributed by atoms with E-state index in [0.717, 1.165) is 17.5 Å². The minimum absolute atomic E-state index is 0.0134. The molecule has 0 aliphatic carbocycles. The van der Waals surface area contributed by atoms with Gasteiger partial charge < -0.3 is 21.4 Å². The fourth-order valence-electron chi connectivity index (χ4n) is 4.11. The Kier molecular flexibility index (Phi) is 4.62. The Bertz CT molecular complexity index is 991. The van der Waals surface area contributed by atoms with Crippen molar-refractivity contribution in [3.05, 3.63) is 59.3 Å². The van der Waals surface area contributed by atoms with Crippen LogP contribution in [0.3, 0.4) is 0 Å². The fraction of sp³-hybridized carbons (Fsp3) is 0.318. The third-order valence-corrected chi connectivity index (χ3v) is 5.70. The third kappa shape index (κ3) is 3.55. The molecule has 0 radical (unpaired) electrons. The smallest absolute Gasteiger partial charge is 0.169 e. The van der Waals surface area contributed by atoms with Crippen molar-refractivity contribution in [1.29, 1.82) is 0 Å². The molecule has 0 spiro atoms. The molecule has 0 saturated carbocycles. The third-order valence-electron chi connectivity index (χ3n) is 5.70. The van der Waals surface area contributed by atoms with E-state index in [1.807, 2.05) is 6.07 Å². The maximum atomic E-state index is 12.7. The van der Waals surface area contributed by atoms with Gasteiger partial charge in [-0.05, 0) is 74.3 Å². The lowest BCUT2D eigenvalue weighted by Crippen LogP contribution is -2.26. The van der Waals surface area contributed by atoms with E-state index in [2.05, 4.69) is 35.3 Å². The maximum absolute atomic E-state index is 12.7. The number of nitrogens with one attached hydrogen (secondary N) is 1. The van der Waals surface area contributed by atoms with Crippen molar-refractivity contribution in [3.8, 4) is 0 Å². The molecule has 1 aliphatic heterocycles. The number of nitrogen functional groups attached to an aromatic ring is 2. The molecule has 1 aliphatic rings. The number of carbonyl (C=O) groups is 1. The first kappa shape index (κ1) is 17.6. The molecule has 5 nitrogen and oxygen atoms in total. The van der Waals surface area contributed by atoms with Crippen LogP contribution in [-0.2, 0) is 12.8 Å². The van der Waals surface area contributed by atoms with Crippen molar-refractivity contribution in [3.63, 3.8) is 0 Å². The molecule has 2 heterocycles. The monoisotopic (exact) mass is 362 g/mol. The molecular formula is C22H26N4O. The SMILES string of the molecule is CN1CCCC1Cc1c[nH]c2ccc(CC(=O)c3ccc(N)cc3N)cc12. The summed E-state index contributed by atoms with van der Waals surface area (Å²) in [5.74, 6) is 0.0134. The number of aromatic nitrogens is 1. The largest absolute Gasteiger partial charge is 0.399 e.